The van der Waals surface area contributed by atoms with Crippen molar-refractivity contribution in [3.63, 3.8) is 0 Å². The standard InChI is InChI=1S/C19H27N3O2/c23-18(13-20-12-14-6-7-14)21-17-10-8-15(9-11-17)19(24)22-16-4-2-1-3-5-16/h8-11,14,16,20H,1-7,12-13H2,(H,21,23)(H,22,24). The van der Waals surface area contributed by atoms with Crippen LogP contribution in [0.25, 0.3) is 0 Å². The number of carbonyl (C=O) groups is 2. The molecule has 0 spiro atoms. The largest absolute Gasteiger partial charge is 0.349 e. The summed E-state index contributed by atoms with van der Waals surface area (Å²) in [6.07, 6.45) is 8.38. The molecule has 24 heavy (non-hydrogen) atoms. The van der Waals surface area contributed by atoms with Gasteiger partial charge in [0, 0.05) is 17.3 Å². The highest BCUT2D eigenvalue weighted by Gasteiger charge is 2.20. The van der Waals surface area contributed by atoms with Gasteiger partial charge in [-0.3, -0.25) is 9.59 Å². The monoisotopic (exact) mass is 329 g/mol. The Labute approximate surface area is 143 Å². The van der Waals surface area contributed by atoms with Crippen molar-refractivity contribution in [2.24, 2.45) is 5.92 Å². The minimum atomic E-state index is -0.0462. The first-order valence-electron chi connectivity index (χ1n) is 9.12. The highest BCUT2D eigenvalue weighted by Crippen LogP contribution is 2.27. The molecule has 2 saturated carbocycles. The van der Waals surface area contributed by atoms with Crippen molar-refractivity contribution in [2.45, 2.75) is 51.0 Å². The van der Waals surface area contributed by atoms with Crippen LogP contribution in [0.15, 0.2) is 24.3 Å². The van der Waals surface area contributed by atoms with Gasteiger partial charge in [-0.05, 0) is 62.4 Å². The van der Waals surface area contributed by atoms with Gasteiger partial charge in [0.15, 0.2) is 0 Å². The number of rotatable bonds is 7. The second kappa shape index (κ2) is 8.29. The summed E-state index contributed by atoms with van der Waals surface area (Å²) in [7, 11) is 0. The topological polar surface area (TPSA) is 70.2 Å². The molecule has 5 nitrogen and oxygen atoms in total. The van der Waals surface area contributed by atoms with Crippen molar-refractivity contribution in [1.82, 2.24) is 10.6 Å². The minimum Gasteiger partial charge on any atom is -0.349 e. The number of hydrogen-bond acceptors (Lipinski definition) is 3. The van der Waals surface area contributed by atoms with Crippen LogP contribution in [-0.2, 0) is 4.79 Å². The molecular formula is C19H27N3O2. The van der Waals surface area contributed by atoms with E-state index >= 15 is 0 Å². The van der Waals surface area contributed by atoms with E-state index in [0.717, 1.165) is 31.0 Å². The third-order valence-corrected chi connectivity index (χ3v) is 4.79. The zero-order valence-electron chi connectivity index (χ0n) is 14.1. The molecule has 0 aliphatic heterocycles. The first-order chi connectivity index (χ1) is 11.7. The number of amides is 2. The molecule has 1 aromatic rings. The van der Waals surface area contributed by atoms with Crippen LogP contribution >= 0.6 is 0 Å². The van der Waals surface area contributed by atoms with E-state index in [9.17, 15) is 9.59 Å². The molecule has 0 unspecified atom stereocenters. The number of benzene rings is 1. The Morgan fingerprint density at radius 1 is 0.958 bits per heavy atom. The summed E-state index contributed by atoms with van der Waals surface area (Å²) in [5.74, 6) is 0.695. The lowest BCUT2D eigenvalue weighted by molar-refractivity contribution is -0.115. The molecule has 130 valence electrons. The van der Waals surface area contributed by atoms with Gasteiger partial charge < -0.3 is 16.0 Å². The summed E-state index contributed by atoms with van der Waals surface area (Å²) in [4.78, 5) is 24.1. The van der Waals surface area contributed by atoms with E-state index in [-0.39, 0.29) is 11.8 Å². The van der Waals surface area contributed by atoms with Crippen LogP contribution in [0, 0.1) is 5.92 Å². The van der Waals surface area contributed by atoms with Crippen molar-refractivity contribution in [3.05, 3.63) is 29.8 Å². The van der Waals surface area contributed by atoms with Gasteiger partial charge in [0.1, 0.15) is 0 Å². The first kappa shape index (κ1) is 17.0. The molecule has 0 radical (unpaired) electrons. The normalized spacial score (nSPS) is 18.2. The molecule has 0 bridgehead atoms. The maximum Gasteiger partial charge on any atom is 0.251 e. The Morgan fingerprint density at radius 3 is 2.33 bits per heavy atom. The molecule has 0 saturated heterocycles. The van der Waals surface area contributed by atoms with E-state index in [1.165, 1.54) is 32.1 Å². The summed E-state index contributed by atoms with van der Waals surface area (Å²) in [5, 5.41) is 9.12. The lowest BCUT2D eigenvalue weighted by Gasteiger charge is -2.22. The van der Waals surface area contributed by atoms with Crippen LogP contribution in [0.3, 0.4) is 0 Å². The molecule has 0 aromatic heterocycles. The van der Waals surface area contributed by atoms with Gasteiger partial charge in [0.2, 0.25) is 5.91 Å². The van der Waals surface area contributed by atoms with Crippen molar-refractivity contribution in [1.29, 1.82) is 0 Å². The smallest absolute Gasteiger partial charge is 0.251 e. The predicted octanol–water partition coefficient (Wildman–Crippen LogP) is 2.69. The van der Waals surface area contributed by atoms with E-state index in [1.54, 1.807) is 24.3 Å². The fourth-order valence-electron chi connectivity index (χ4n) is 3.14. The van der Waals surface area contributed by atoms with Crippen molar-refractivity contribution in [2.75, 3.05) is 18.4 Å². The van der Waals surface area contributed by atoms with E-state index in [0.29, 0.717) is 18.2 Å². The molecule has 5 heteroatoms. The Balaban J connectivity index is 1.43. The molecule has 1 aromatic carbocycles. The summed E-state index contributed by atoms with van der Waals surface area (Å²) in [6.45, 7) is 1.26. The van der Waals surface area contributed by atoms with Crippen molar-refractivity contribution < 1.29 is 9.59 Å². The van der Waals surface area contributed by atoms with E-state index in [4.69, 9.17) is 0 Å². The molecule has 0 atom stereocenters. The number of anilines is 1. The summed E-state index contributed by atoms with van der Waals surface area (Å²) >= 11 is 0. The maximum absolute atomic E-state index is 12.2. The average molecular weight is 329 g/mol. The van der Waals surface area contributed by atoms with E-state index < -0.39 is 0 Å². The third-order valence-electron chi connectivity index (χ3n) is 4.79. The Bertz CT molecular complexity index is 560. The van der Waals surface area contributed by atoms with Gasteiger partial charge in [0.05, 0.1) is 6.54 Å². The van der Waals surface area contributed by atoms with Gasteiger partial charge in [-0.1, -0.05) is 19.3 Å². The van der Waals surface area contributed by atoms with Gasteiger partial charge in [0.25, 0.3) is 5.91 Å². The summed E-state index contributed by atoms with van der Waals surface area (Å²) in [6, 6.07) is 7.42. The Hall–Kier alpha value is -1.88. The molecule has 2 aliphatic rings. The van der Waals surface area contributed by atoms with Crippen LogP contribution in [0.1, 0.15) is 55.3 Å². The Morgan fingerprint density at radius 2 is 1.67 bits per heavy atom. The number of nitrogens with one attached hydrogen (secondary N) is 3. The fourth-order valence-corrected chi connectivity index (χ4v) is 3.14. The zero-order chi connectivity index (χ0) is 16.8. The van der Waals surface area contributed by atoms with Crippen LogP contribution in [0.5, 0.6) is 0 Å². The molecule has 3 N–H and O–H groups in total. The molecular weight excluding hydrogens is 302 g/mol. The SMILES string of the molecule is O=C(CNCC1CC1)Nc1ccc(C(=O)NC2CCCCC2)cc1. The van der Waals surface area contributed by atoms with Crippen LogP contribution in [0.2, 0.25) is 0 Å². The Kier molecular flexibility index (Phi) is 5.86. The zero-order valence-corrected chi connectivity index (χ0v) is 14.1. The van der Waals surface area contributed by atoms with Crippen LogP contribution in [0.4, 0.5) is 5.69 Å². The summed E-state index contributed by atoms with van der Waals surface area (Å²) in [5.41, 5.74) is 1.37. The number of hydrogen-bond donors (Lipinski definition) is 3. The van der Waals surface area contributed by atoms with E-state index in [2.05, 4.69) is 16.0 Å². The molecule has 0 heterocycles. The highest BCUT2D eigenvalue weighted by molar-refractivity contribution is 5.96. The molecule has 2 fully saturated rings. The number of carbonyl (C=O) groups excluding carboxylic acids is 2. The van der Waals surface area contributed by atoms with Gasteiger partial charge >= 0.3 is 0 Å². The molecule has 2 amide bonds. The lowest BCUT2D eigenvalue weighted by Crippen LogP contribution is -2.36. The first-order valence-corrected chi connectivity index (χ1v) is 9.12. The van der Waals surface area contributed by atoms with Crippen LogP contribution < -0.4 is 16.0 Å². The van der Waals surface area contributed by atoms with E-state index in [1.807, 2.05) is 0 Å². The second-order valence-electron chi connectivity index (χ2n) is 7.01. The predicted molar refractivity (Wildman–Crippen MR) is 95.0 cm³/mol. The fraction of sp³-hybridized carbons (Fsp3) is 0.579. The maximum atomic E-state index is 12.2. The van der Waals surface area contributed by atoms with Gasteiger partial charge in [-0.2, -0.15) is 0 Å². The lowest BCUT2D eigenvalue weighted by atomic mass is 9.95. The van der Waals surface area contributed by atoms with Crippen LogP contribution in [-0.4, -0.2) is 30.9 Å². The quantitative estimate of drug-likeness (QED) is 0.720. The third kappa shape index (κ3) is 5.34. The molecule has 3 rings (SSSR count). The highest BCUT2D eigenvalue weighted by atomic mass is 16.2. The average Bonchev–Trinajstić information content (AvgIpc) is 3.41. The van der Waals surface area contributed by atoms with Gasteiger partial charge in [-0.25, -0.2) is 0 Å². The second-order valence-corrected chi connectivity index (χ2v) is 7.01. The summed E-state index contributed by atoms with van der Waals surface area (Å²) < 4.78 is 0. The van der Waals surface area contributed by atoms with Crippen molar-refractivity contribution in [3.8, 4) is 0 Å². The van der Waals surface area contributed by atoms with Gasteiger partial charge in [-0.15, -0.1) is 0 Å². The molecule has 2 aliphatic carbocycles. The minimum absolute atomic E-state index is 0.0223. The van der Waals surface area contributed by atoms with Crippen molar-refractivity contribution >= 4 is 17.5 Å².